The molecule has 3 aliphatic rings. The van der Waals surface area contributed by atoms with Gasteiger partial charge in [-0.1, -0.05) is 13.8 Å². The van der Waals surface area contributed by atoms with Crippen LogP contribution in [0, 0.1) is 6.92 Å². The zero-order chi connectivity index (χ0) is 16.0. The fourth-order valence-electron chi connectivity index (χ4n) is 3.69. The summed E-state index contributed by atoms with van der Waals surface area (Å²) >= 11 is 0. The first-order valence-electron chi connectivity index (χ1n) is 8.17. The van der Waals surface area contributed by atoms with E-state index in [1.165, 1.54) is 0 Å². The van der Waals surface area contributed by atoms with E-state index < -0.39 is 0 Å². The van der Waals surface area contributed by atoms with Gasteiger partial charge in [0.05, 0.1) is 24.5 Å². The van der Waals surface area contributed by atoms with Crippen LogP contribution in [0.3, 0.4) is 0 Å². The molecule has 4 heterocycles. The first kappa shape index (κ1) is 15.3. The van der Waals surface area contributed by atoms with Crippen molar-refractivity contribution in [1.82, 2.24) is 14.4 Å². The van der Waals surface area contributed by atoms with E-state index in [1.807, 2.05) is 38.3 Å². The molecule has 2 aromatic rings. The molecule has 0 spiro atoms. The molecule has 2 bridgehead atoms. The number of hydrogen-bond donors (Lipinski definition) is 0. The molecule has 1 aliphatic carbocycles. The van der Waals surface area contributed by atoms with Gasteiger partial charge in [-0.3, -0.25) is 4.40 Å². The van der Waals surface area contributed by atoms with Crippen LogP contribution in [-0.2, 0) is 10.2 Å². The SMILES string of the molecule is CC.CCOc1nc2nc(C34COC(C)(C3)C4)cn2cc1C. The van der Waals surface area contributed by atoms with Crippen LogP contribution in [0.4, 0.5) is 0 Å². The zero-order valence-electron chi connectivity index (χ0n) is 14.1. The molecule has 2 saturated heterocycles. The van der Waals surface area contributed by atoms with Crippen LogP contribution >= 0.6 is 0 Å². The van der Waals surface area contributed by atoms with Gasteiger partial charge in [0.25, 0.3) is 0 Å². The number of imidazole rings is 1. The second-order valence-electron chi connectivity index (χ2n) is 6.37. The predicted molar refractivity (Wildman–Crippen MR) is 85.5 cm³/mol. The number of aromatic nitrogens is 3. The lowest BCUT2D eigenvalue weighted by molar-refractivity contribution is 0.0154. The third kappa shape index (κ3) is 2.19. The maximum atomic E-state index is 5.86. The predicted octanol–water partition coefficient (Wildman–Crippen LogP) is 3.28. The number of fused-ring (bicyclic) bond motifs is 2. The van der Waals surface area contributed by atoms with Crippen molar-refractivity contribution in [1.29, 1.82) is 0 Å². The van der Waals surface area contributed by atoms with Gasteiger partial charge in [0, 0.05) is 23.4 Å². The van der Waals surface area contributed by atoms with Crippen molar-refractivity contribution in [2.45, 2.75) is 58.5 Å². The zero-order valence-corrected chi connectivity index (χ0v) is 14.1. The minimum Gasteiger partial charge on any atom is -0.478 e. The molecule has 0 aromatic carbocycles. The number of rotatable bonds is 3. The molecular weight excluding hydrogens is 278 g/mol. The highest BCUT2D eigenvalue weighted by Crippen LogP contribution is 2.58. The largest absolute Gasteiger partial charge is 0.478 e. The van der Waals surface area contributed by atoms with Crippen LogP contribution < -0.4 is 4.74 Å². The Labute approximate surface area is 131 Å². The summed E-state index contributed by atoms with van der Waals surface area (Å²) in [4.78, 5) is 9.22. The van der Waals surface area contributed by atoms with E-state index in [9.17, 15) is 0 Å². The standard InChI is InChI=1S/C15H19N3O2.C2H6/c1-4-19-12-10(2)5-18-6-11(16-13(18)17-12)15-7-14(3,8-15)20-9-15;1-2/h5-6H,4,7-9H2,1-3H3;1-2H3. The van der Waals surface area contributed by atoms with Gasteiger partial charge >= 0.3 is 0 Å². The minimum absolute atomic E-state index is 0.0790. The Morgan fingerprint density at radius 1 is 1.27 bits per heavy atom. The van der Waals surface area contributed by atoms with Gasteiger partial charge in [-0.05, 0) is 33.6 Å². The summed E-state index contributed by atoms with van der Waals surface area (Å²) in [6.45, 7) is 11.6. The molecule has 5 nitrogen and oxygen atoms in total. The Hall–Kier alpha value is -1.62. The lowest BCUT2D eigenvalue weighted by Crippen LogP contribution is -2.45. The van der Waals surface area contributed by atoms with Crippen molar-refractivity contribution in [2.24, 2.45) is 0 Å². The minimum atomic E-state index is 0.0790. The second kappa shape index (κ2) is 5.23. The van der Waals surface area contributed by atoms with E-state index in [-0.39, 0.29) is 11.0 Å². The smallest absolute Gasteiger partial charge is 0.237 e. The van der Waals surface area contributed by atoms with E-state index in [4.69, 9.17) is 14.5 Å². The lowest BCUT2D eigenvalue weighted by Gasteiger charge is -2.41. The number of aryl methyl sites for hydroxylation is 1. The first-order valence-corrected chi connectivity index (χ1v) is 8.17. The molecule has 2 aromatic heterocycles. The van der Waals surface area contributed by atoms with Crippen molar-refractivity contribution in [2.75, 3.05) is 13.2 Å². The first-order chi connectivity index (χ1) is 10.5. The molecule has 5 rings (SSSR count). The van der Waals surface area contributed by atoms with E-state index in [0.717, 1.165) is 30.7 Å². The van der Waals surface area contributed by atoms with Crippen LogP contribution in [0.2, 0.25) is 0 Å². The number of nitrogens with zero attached hydrogens (tertiary/aromatic N) is 3. The topological polar surface area (TPSA) is 48.7 Å². The highest BCUT2D eigenvalue weighted by Gasteiger charge is 2.61. The van der Waals surface area contributed by atoms with Crippen molar-refractivity contribution in [3.05, 3.63) is 23.7 Å². The second-order valence-corrected chi connectivity index (χ2v) is 6.37. The summed E-state index contributed by atoms with van der Waals surface area (Å²) < 4.78 is 13.4. The molecule has 5 heteroatoms. The molecule has 0 amide bonds. The molecule has 120 valence electrons. The van der Waals surface area contributed by atoms with Gasteiger partial charge in [-0.25, -0.2) is 4.98 Å². The Kier molecular flexibility index (Phi) is 3.63. The summed E-state index contributed by atoms with van der Waals surface area (Å²) in [6, 6.07) is 0. The molecule has 1 saturated carbocycles. The summed E-state index contributed by atoms with van der Waals surface area (Å²) in [5, 5.41) is 0. The van der Waals surface area contributed by atoms with Gasteiger partial charge in [0.15, 0.2) is 0 Å². The van der Waals surface area contributed by atoms with Crippen LogP contribution in [-0.4, -0.2) is 33.2 Å². The molecule has 2 aliphatic heterocycles. The van der Waals surface area contributed by atoms with E-state index in [1.54, 1.807) is 0 Å². The summed E-state index contributed by atoms with van der Waals surface area (Å²) in [6.07, 6.45) is 6.27. The monoisotopic (exact) mass is 303 g/mol. The van der Waals surface area contributed by atoms with Gasteiger partial charge in [0.2, 0.25) is 11.7 Å². The molecule has 3 fully saturated rings. The van der Waals surface area contributed by atoms with Crippen LogP contribution in [0.25, 0.3) is 5.78 Å². The van der Waals surface area contributed by atoms with Gasteiger partial charge < -0.3 is 9.47 Å². The summed E-state index contributed by atoms with van der Waals surface area (Å²) in [5.41, 5.74) is 2.33. The van der Waals surface area contributed by atoms with Crippen molar-refractivity contribution in [3.63, 3.8) is 0 Å². The quantitative estimate of drug-likeness (QED) is 0.873. The van der Waals surface area contributed by atoms with Crippen molar-refractivity contribution >= 4 is 5.78 Å². The fourth-order valence-corrected chi connectivity index (χ4v) is 3.69. The van der Waals surface area contributed by atoms with E-state index in [0.29, 0.717) is 18.3 Å². The average Bonchev–Trinajstić information content (AvgIpc) is 3.12. The van der Waals surface area contributed by atoms with Crippen LogP contribution in [0.15, 0.2) is 12.4 Å². The third-order valence-electron chi connectivity index (χ3n) is 4.53. The number of hydrogen-bond acceptors (Lipinski definition) is 4. The van der Waals surface area contributed by atoms with Gasteiger partial charge in [-0.2, -0.15) is 4.98 Å². The van der Waals surface area contributed by atoms with Gasteiger partial charge in [0.1, 0.15) is 0 Å². The van der Waals surface area contributed by atoms with E-state index in [2.05, 4.69) is 18.1 Å². The fraction of sp³-hybridized carbons (Fsp3) is 0.647. The summed E-state index contributed by atoms with van der Waals surface area (Å²) in [7, 11) is 0. The lowest BCUT2D eigenvalue weighted by atomic mass is 9.62. The van der Waals surface area contributed by atoms with Crippen LogP contribution in [0.1, 0.15) is 51.8 Å². The summed E-state index contributed by atoms with van der Waals surface area (Å²) in [5.74, 6) is 1.39. The molecule has 0 unspecified atom stereocenters. The molecule has 0 N–H and O–H groups in total. The highest BCUT2D eigenvalue weighted by atomic mass is 16.5. The molecular formula is C17H25N3O2. The Bertz CT molecular complexity index is 687. The number of ether oxygens (including phenoxy) is 2. The normalized spacial score (nSPS) is 29.0. The molecule has 0 atom stereocenters. The molecule has 22 heavy (non-hydrogen) atoms. The van der Waals surface area contributed by atoms with Crippen molar-refractivity contribution < 1.29 is 9.47 Å². The maximum Gasteiger partial charge on any atom is 0.237 e. The average molecular weight is 303 g/mol. The Morgan fingerprint density at radius 3 is 2.59 bits per heavy atom. The Morgan fingerprint density at radius 2 is 2.00 bits per heavy atom. The van der Waals surface area contributed by atoms with E-state index >= 15 is 0 Å². The maximum absolute atomic E-state index is 5.86. The highest BCUT2D eigenvalue weighted by molar-refractivity contribution is 5.41. The van der Waals surface area contributed by atoms with Crippen molar-refractivity contribution in [3.8, 4) is 5.88 Å². The Balaban J connectivity index is 0.000000693. The third-order valence-corrected chi connectivity index (χ3v) is 4.53. The van der Waals surface area contributed by atoms with Crippen LogP contribution in [0.5, 0.6) is 5.88 Å². The van der Waals surface area contributed by atoms with Gasteiger partial charge in [-0.15, -0.1) is 0 Å². The molecule has 0 radical (unpaired) electrons.